The molecule has 0 bridgehead atoms. The zero-order chi connectivity index (χ0) is 10.8. The fraction of sp³-hybridized carbons (Fsp3) is 0. The third-order valence-electron chi connectivity index (χ3n) is 2.01. The predicted molar refractivity (Wildman–Crippen MR) is 55.0 cm³/mol. The summed E-state index contributed by atoms with van der Waals surface area (Å²) in [5.41, 5.74) is 6.58. The van der Waals surface area contributed by atoms with E-state index in [9.17, 15) is 4.79 Å². The molecule has 0 saturated carbocycles. The van der Waals surface area contributed by atoms with Crippen LogP contribution in [-0.4, -0.2) is 20.5 Å². The van der Waals surface area contributed by atoms with Gasteiger partial charge in [0.1, 0.15) is 11.3 Å². The number of aliphatic carboxylic acids is 1. The number of imidazole rings is 1. The van der Waals surface area contributed by atoms with Crippen LogP contribution in [0.1, 0.15) is 5.69 Å². The Morgan fingerprint density at radius 3 is 3.07 bits per heavy atom. The van der Waals surface area contributed by atoms with Crippen molar-refractivity contribution < 1.29 is 9.90 Å². The Morgan fingerprint density at radius 2 is 2.33 bits per heavy atom. The molecule has 0 atom stereocenters. The van der Waals surface area contributed by atoms with Crippen LogP contribution in [0.15, 0.2) is 36.3 Å². The average Bonchev–Trinajstić information content (AvgIpc) is 2.66. The van der Waals surface area contributed by atoms with Crippen molar-refractivity contribution in [3.63, 3.8) is 0 Å². The molecular weight excluding hydrogens is 194 g/mol. The van der Waals surface area contributed by atoms with Crippen LogP contribution in [-0.2, 0) is 4.79 Å². The molecule has 0 unspecified atom stereocenters. The summed E-state index contributed by atoms with van der Waals surface area (Å²) in [4.78, 5) is 14.6. The zero-order valence-corrected chi connectivity index (χ0v) is 7.79. The van der Waals surface area contributed by atoms with E-state index < -0.39 is 5.97 Å². The van der Waals surface area contributed by atoms with Gasteiger partial charge in [-0.3, -0.25) is 0 Å². The minimum Gasteiger partial charge on any atom is -0.477 e. The van der Waals surface area contributed by atoms with Gasteiger partial charge in [0.05, 0.1) is 0 Å². The number of carbonyl (C=O) groups is 1. The van der Waals surface area contributed by atoms with Gasteiger partial charge in [0.15, 0.2) is 0 Å². The number of carboxylic acids is 1. The second-order valence-electron chi connectivity index (χ2n) is 3.01. The first-order valence-corrected chi connectivity index (χ1v) is 4.31. The summed E-state index contributed by atoms with van der Waals surface area (Å²) in [5.74, 6) is -1.13. The summed E-state index contributed by atoms with van der Waals surface area (Å²) in [6, 6.07) is 5.39. The van der Waals surface area contributed by atoms with Gasteiger partial charge in [-0.15, -0.1) is 0 Å². The summed E-state index contributed by atoms with van der Waals surface area (Å²) in [5, 5.41) is 8.65. The van der Waals surface area contributed by atoms with E-state index >= 15 is 0 Å². The first-order chi connectivity index (χ1) is 7.18. The molecule has 0 spiro atoms. The zero-order valence-electron chi connectivity index (χ0n) is 7.79. The number of rotatable bonds is 2. The van der Waals surface area contributed by atoms with E-state index in [1.165, 1.54) is 6.08 Å². The summed E-state index contributed by atoms with van der Waals surface area (Å²) in [7, 11) is 0. The average molecular weight is 203 g/mol. The van der Waals surface area contributed by atoms with Crippen molar-refractivity contribution >= 4 is 17.7 Å². The van der Waals surface area contributed by atoms with E-state index in [0.717, 1.165) is 5.65 Å². The Morgan fingerprint density at radius 1 is 1.53 bits per heavy atom. The SMILES string of the molecule is N/C(=C/c1cccc2nccn12)C(=O)O. The summed E-state index contributed by atoms with van der Waals surface area (Å²) >= 11 is 0. The molecule has 0 aliphatic carbocycles. The van der Waals surface area contributed by atoms with E-state index in [1.807, 2.05) is 6.07 Å². The van der Waals surface area contributed by atoms with Crippen molar-refractivity contribution in [2.45, 2.75) is 0 Å². The van der Waals surface area contributed by atoms with Crippen LogP contribution in [0.25, 0.3) is 11.7 Å². The summed E-state index contributed by atoms with van der Waals surface area (Å²) in [6.07, 6.45) is 4.79. The highest BCUT2D eigenvalue weighted by Crippen LogP contribution is 2.08. The van der Waals surface area contributed by atoms with Gasteiger partial charge in [0.25, 0.3) is 0 Å². The predicted octanol–water partition coefficient (Wildman–Crippen LogP) is 0.718. The molecule has 0 radical (unpaired) electrons. The summed E-state index contributed by atoms with van der Waals surface area (Å²) < 4.78 is 1.76. The van der Waals surface area contributed by atoms with E-state index in [2.05, 4.69) is 4.98 Å². The molecule has 0 saturated heterocycles. The molecule has 0 amide bonds. The molecule has 0 aliphatic rings. The van der Waals surface area contributed by atoms with Gasteiger partial charge < -0.3 is 15.2 Å². The van der Waals surface area contributed by atoms with Gasteiger partial charge in [-0.2, -0.15) is 0 Å². The van der Waals surface area contributed by atoms with Gasteiger partial charge in [0, 0.05) is 18.1 Å². The maximum Gasteiger partial charge on any atom is 0.351 e. The van der Waals surface area contributed by atoms with E-state index in [0.29, 0.717) is 5.69 Å². The van der Waals surface area contributed by atoms with Gasteiger partial charge in [-0.05, 0) is 18.2 Å². The number of nitrogens with zero attached hydrogens (tertiary/aromatic N) is 2. The van der Waals surface area contributed by atoms with Crippen molar-refractivity contribution in [2.75, 3.05) is 0 Å². The number of pyridine rings is 1. The molecule has 76 valence electrons. The molecule has 3 N–H and O–H groups in total. The van der Waals surface area contributed by atoms with Crippen LogP contribution in [0, 0.1) is 0 Å². The quantitative estimate of drug-likeness (QED) is 0.704. The lowest BCUT2D eigenvalue weighted by Gasteiger charge is -2.00. The number of fused-ring (bicyclic) bond motifs is 1. The van der Waals surface area contributed by atoms with Crippen molar-refractivity contribution in [1.82, 2.24) is 9.38 Å². The highest BCUT2D eigenvalue weighted by molar-refractivity contribution is 5.90. The van der Waals surface area contributed by atoms with Gasteiger partial charge in [-0.1, -0.05) is 6.07 Å². The maximum absolute atomic E-state index is 10.6. The van der Waals surface area contributed by atoms with Crippen LogP contribution < -0.4 is 5.73 Å². The lowest BCUT2D eigenvalue weighted by Crippen LogP contribution is -2.09. The topological polar surface area (TPSA) is 80.6 Å². The second kappa shape index (κ2) is 3.45. The molecule has 15 heavy (non-hydrogen) atoms. The Balaban J connectivity index is 2.57. The number of nitrogens with two attached hydrogens (primary N) is 1. The second-order valence-corrected chi connectivity index (χ2v) is 3.01. The molecule has 2 aromatic heterocycles. The minimum absolute atomic E-state index is 0.198. The lowest BCUT2D eigenvalue weighted by molar-refractivity contribution is -0.132. The molecule has 0 aliphatic heterocycles. The molecule has 2 aromatic rings. The Bertz CT molecular complexity index is 542. The van der Waals surface area contributed by atoms with Crippen LogP contribution in [0.5, 0.6) is 0 Å². The molecule has 2 heterocycles. The smallest absolute Gasteiger partial charge is 0.351 e. The van der Waals surface area contributed by atoms with Crippen LogP contribution >= 0.6 is 0 Å². The normalized spacial score (nSPS) is 11.9. The van der Waals surface area contributed by atoms with Crippen molar-refractivity contribution in [1.29, 1.82) is 0 Å². The number of aromatic nitrogens is 2. The third-order valence-corrected chi connectivity index (χ3v) is 2.01. The fourth-order valence-electron chi connectivity index (χ4n) is 1.31. The standard InChI is InChI=1S/C10H9N3O2/c11-8(10(14)15)6-7-2-1-3-9-12-4-5-13(7)9/h1-6H,11H2,(H,14,15)/b8-6+. The van der Waals surface area contributed by atoms with Crippen molar-refractivity contribution in [3.8, 4) is 0 Å². The largest absolute Gasteiger partial charge is 0.477 e. The molecule has 2 rings (SSSR count). The van der Waals surface area contributed by atoms with Gasteiger partial charge in [0.2, 0.25) is 0 Å². The molecular formula is C10H9N3O2. The first-order valence-electron chi connectivity index (χ1n) is 4.31. The maximum atomic E-state index is 10.6. The van der Waals surface area contributed by atoms with Crippen molar-refractivity contribution in [3.05, 3.63) is 42.0 Å². The summed E-state index contributed by atoms with van der Waals surface area (Å²) in [6.45, 7) is 0. The Labute approximate surface area is 85.5 Å². The third kappa shape index (κ3) is 1.67. The molecule has 5 heteroatoms. The Hall–Kier alpha value is -2.30. The van der Waals surface area contributed by atoms with E-state index in [1.54, 1.807) is 28.9 Å². The molecule has 0 aromatic carbocycles. The number of hydrogen-bond donors (Lipinski definition) is 2. The van der Waals surface area contributed by atoms with E-state index in [4.69, 9.17) is 10.8 Å². The Kier molecular flexibility index (Phi) is 2.13. The van der Waals surface area contributed by atoms with Gasteiger partial charge >= 0.3 is 5.97 Å². The monoisotopic (exact) mass is 203 g/mol. The van der Waals surface area contributed by atoms with E-state index in [-0.39, 0.29) is 5.70 Å². The first kappa shape index (κ1) is 9.26. The number of carboxylic acid groups (broad SMARTS) is 1. The fourth-order valence-corrected chi connectivity index (χ4v) is 1.31. The van der Waals surface area contributed by atoms with Crippen LogP contribution in [0.2, 0.25) is 0 Å². The molecule has 5 nitrogen and oxygen atoms in total. The van der Waals surface area contributed by atoms with Crippen molar-refractivity contribution in [2.24, 2.45) is 5.73 Å². The highest BCUT2D eigenvalue weighted by atomic mass is 16.4. The molecule has 0 fully saturated rings. The van der Waals surface area contributed by atoms with Crippen LogP contribution in [0.3, 0.4) is 0 Å². The van der Waals surface area contributed by atoms with Gasteiger partial charge in [-0.25, -0.2) is 9.78 Å². The highest BCUT2D eigenvalue weighted by Gasteiger charge is 2.03. The lowest BCUT2D eigenvalue weighted by atomic mass is 10.3. The number of hydrogen-bond acceptors (Lipinski definition) is 3. The van der Waals surface area contributed by atoms with Crippen LogP contribution in [0.4, 0.5) is 0 Å². The minimum atomic E-state index is -1.13.